The molecule has 3 aromatic rings. The summed E-state index contributed by atoms with van der Waals surface area (Å²) in [6.07, 6.45) is 0.541. The third kappa shape index (κ3) is 5.14. The Morgan fingerprint density at radius 3 is 2.54 bits per heavy atom. The summed E-state index contributed by atoms with van der Waals surface area (Å²) in [5, 5.41) is 11.9. The SMILES string of the molecule is O=C(CSc1nnc(Cc2ccccc2)o1)Nc1cc(Cl)c(Cl)cc1Cl. The van der Waals surface area contributed by atoms with Crippen molar-refractivity contribution in [3.05, 3.63) is 69.0 Å². The van der Waals surface area contributed by atoms with E-state index >= 15 is 0 Å². The Labute approximate surface area is 169 Å². The van der Waals surface area contributed by atoms with E-state index in [4.69, 9.17) is 39.2 Å². The van der Waals surface area contributed by atoms with Gasteiger partial charge in [0.1, 0.15) is 0 Å². The third-order valence-corrected chi connectivity index (χ3v) is 5.11. The van der Waals surface area contributed by atoms with E-state index in [0.717, 1.165) is 17.3 Å². The van der Waals surface area contributed by atoms with Crippen LogP contribution < -0.4 is 5.32 Å². The highest BCUT2D eigenvalue weighted by atomic mass is 35.5. The second-order valence-electron chi connectivity index (χ2n) is 5.21. The third-order valence-electron chi connectivity index (χ3n) is 3.26. The van der Waals surface area contributed by atoms with Gasteiger partial charge in [-0.25, -0.2) is 0 Å². The summed E-state index contributed by atoms with van der Waals surface area (Å²) in [7, 11) is 0. The number of hydrogen-bond donors (Lipinski definition) is 1. The van der Waals surface area contributed by atoms with Crippen LogP contribution in [0, 0.1) is 0 Å². The van der Waals surface area contributed by atoms with Gasteiger partial charge >= 0.3 is 0 Å². The minimum absolute atomic E-state index is 0.0868. The number of aromatic nitrogens is 2. The zero-order valence-corrected chi connectivity index (χ0v) is 16.3. The lowest BCUT2D eigenvalue weighted by atomic mass is 10.2. The van der Waals surface area contributed by atoms with Gasteiger partial charge < -0.3 is 9.73 Å². The summed E-state index contributed by atoms with van der Waals surface area (Å²) in [5.74, 6) is 0.300. The van der Waals surface area contributed by atoms with Crippen LogP contribution in [0.3, 0.4) is 0 Å². The Balaban J connectivity index is 1.54. The number of nitrogens with one attached hydrogen (secondary N) is 1. The fourth-order valence-electron chi connectivity index (χ4n) is 2.07. The molecule has 134 valence electrons. The van der Waals surface area contributed by atoms with E-state index in [-0.39, 0.29) is 11.7 Å². The maximum atomic E-state index is 12.1. The molecule has 0 spiro atoms. The number of rotatable bonds is 6. The van der Waals surface area contributed by atoms with Crippen molar-refractivity contribution >= 4 is 58.2 Å². The quantitative estimate of drug-likeness (QED) is 0.423. The minimum atomic E-state index is -0.280. The topological polar surface area (TPSA) is 68.0 Å². The van der Waals surface area contributed by atoms with Gasteiger partial charge in [-0.3, -0.25) is 4.79 Å². The Morgan fingerprint density at radius 1 is 1.04 bits per heavy atom. The van der Waals surface area contributed by atoms with E-state index in [2.05, 4.69) is 15.5 Å². The molecule has 1 aromatic heterocycles. The van der Waals surface area contributed by atoms with Crippen molar-refractivity contribution in [2.45, 2.75) is 11.6 Å². The van der Waals surface area contributed by atoms with E-state index in [0.29, 0.717) is 38.3 Å². The van der Waals surface area contributed by atoms with Gasteiger partial charge in [0.25, 0.3) is 5.22 Å². The fourth-order valence-corrected chi connectivity index (χ4v) is 3.24. The van der Waals surface area contributed by atoms with Gasteiger partial charge in [-0.15, -0.1) is 10.2 Å². The molecule has 0 fully saturated rings. The maximum Gasteiger partial charge on any atom is 0.277 e. The summed E-state index contributed by atoms with van der Waals surface area (Å²) in [5.41, 5.74) is 1.46. The van der Waals surface area contributed by atoms with Crippen LogP contribution in [-0.4, -0.2) is 21.9 Å². The molecule has 0 saturated heterocycles. The zero-order chi connectivity index (χ0) is 18.5. The van der Waals surface area contributed by atoms with Gasteiger partial charge in [0, 0.05) is 0 Å². The molecule has 1 heterocycles. The predicted molar refractivity (Wildman–Crippen MR) is 104 cm³/mol. The standard InChI is InChI=1S/C17H12Cl3N3O2S/c18-11-7-13(20)14(8-12(11)19)21-15(24)9-26-17-23-22-16(25-17)6-10-4-2-1-3-5-10/h1-5,7-8H,6,9H2,(H,21,24). The van der Waals surface area contributed by atoms with Crippen molar-refractivity contribution in [2.75, 3.05) is 11.1 Å². The highest BCUT2D eigenvalue weighted by Crippen LogP contribution is 2.32. The van der Waals surface area contributed by atoms with Crippen LogP contribution in [-0.2, 0) is 11.2 Å². The first-order chi connectivity index (χ1) is 12.5. The molecule has 1 amide bonds. The lowest BCUT2D eigenvalue weighted by Gasteiger charge is -2.07. The van der Waals surface area contributed by atoms with Gasteiger partial charge in [-0.1, -0.05) is 76.9 Å². The molecule has 0 bridgehead atoms. The van der Waals surface area contributed by atoms with E-state index in [9.17, 15) is 4.79 Å². The van der Waals surface area contributed by atoms with Crippen molar-refractivity contribution in [3.8, 4) is 0 Å². The molecular weight excluding hydrogens is 417 g/mol. The second-order valence-corrected chi connectivity index (χ2v) is 7.36. The van der Waals surface area contributed by atoms with Crippen molar-refractivity contribution in [1.29, 1.82) is 0 Å². The summed E-state index contributed by atoms with van der Waals surface area (Å²) < 4.78 is 5.54. The highest BCUT2D eigenvalue weighted by Gasteiger charge is 2.13. The van der Waals surface area contributed by atoms with Crippen molar-refractivity contribution in [1.82, 2.24) is 10.2 Å². The molecule has 3 rings (SSSR count). The van der Waals surface area contributed by atoms with E-state index in [1.165, 1.54) is 12.1 Å². The van der Waals surface area contributed by atoms with Crippen LogP contribution in [0.4, 0.5) is 5.69 Å². The lowest BCUT2D eigenvalue weighted by Crippen LogP contribution is -2.14. The van der Waals surface area contributed by atoms with Crippen LogP contribution in [0.5, 0.6) is 0 Å². The average Bonchev–Trinajstić information content (AvgIpc) is 3.06. The van der Waals surface area contributed by atoms with Crippen LogP contribution in [0.1, 0.15) is 11.5 Å². The first kappa shape index (κ1) is 19.0. The zero-order valence-electron chi connectivity index (χ0n) is 13.2. The number of carbonyl (C=O) groups is 1. The van der Waals surface area contributed by atoms with Crippen LogP contribution in [0.2, 0.25) is 15.1 Å². The normalized spacial score (nSPS) is 10.7. The van der Waals surface area contributed by atoms with Gasteiger partial charge in [0.05, 0.1) is 32.9 Å². The summed E-state index contributed by atoms with van der Waals surface area (Å²) in [6, 6.07) is 12.8. The molecule has 1 N–H and O–H groups in total. The average molecular weight is 429 g/mol. The van der Waals surface area contributed by atoms with E-state index < -0.39 is 0 Å². The number of hydrogen-bond acceptors (Lipinski definition) is 5. The highest BCUT2D eigenvalue weighted by molar-refractivity contribution is 7.99. The largest absolute Gasteiger partial charge is 0.416 e. The van der Waals surface area contributed by atoms with Crippen LogP contribution in [0.15, 0.2) is 52.1 Å². The Bertz CT molecular complexity index is 919. The van der Waals surface area contributed by atoms with Gasteiger partial charge in [-0.2, -0.15) is 0 Å². The van der Waals surface area contributed by atoms with Crippen molar-refractivity contribution in [3.63, 3.8) is 0 Å². The molecule has 0 aliphatic heterocycles. The van der Waals surface area contributed by atoms with Crippen LogP contribution >= 0.6 is 46.6 Å². The molecule has 5 nitrogen and oxygen atoms in total. The van der Waals surface area contributed by atoms with Gasteiger partial charge in [-0.05, 0) is 17.7 Å². The monoisotopic (exact) mass is 427 g/mol. The first-order valence-corrected chi connectivity index (χ1v) is 9.56. The molecule has 0 aliphatic carbocycles. The molecule has 0 saturated carbocycles. The molecule has 9 heteroatoms. The maximum absolute atomic E-state index is 12.1. The Morgan fingerprint density at radius 2 is 1.77 bits per heavy atom. The number of amides is 1. The van der Waals surface area contributed by atoms with E-state index in [1.54, 1.807) is 0 Å². The Kier molecular flexibility index (Phi) is 6.43. The van der Waals surface area contributed by atoms with Gasteiger partial charge in [0.15, 0.2) is 0 Å². The molecule has 0 aliphatic rings. The number of benzene rings is 2. The second kappa shape index (κ2) is 8.77. The smallest absolute Gasteiger partial charge is 0.277 e. The van der Waals surface area contributed by atoms with Crippen LogP contribution in [0.25, 0.3) is 0 Å². The molecule has 2 aromatic carbocycles. The number of carbonyl (C=O) groups excluding carboxylic acids is 1. The fraction of sp³-hybridized carbons (Fsp3) is 0.118. The number of nitrogens with zero attached hydrogens (tertiary/aromatic N) is 2. The minimum Gasteiger partial charge on any atom is -0.416 e. The van der Waals surface area contributed by atoms with E-state index in [1.807, 2.05) is 30.3 Å². The number of thioether (sulfide) groups is 1. The Hall–Kier alpha value is -1.73. The summed E-state index contributed by atoms with van der Waals surface area (Å²) >= 11 is 19.0. The molecule has 0 radical (unpaired) electrons. The number of anilines is 1. The molecule has 0 unspecified atom stereocenters. The first-order valence-electron chi connectivity index (χ1n) is 7.45. The molecular formula is C17H12Cl3N3O2S. The number of halogens is 3. The van der Waals surface area contributed by atoms with Crippen molar-refractivity contribution < 1.29 is 9.21 Å². The lowest BCUT2D eigenvalue weighted by molar-refractivity contribution is -0.113. The van der Waals surface area contributed by atoms with Crippen molar-refractivity contribution in [2.24, 2.45) is 0 Å². The van der Waals surface area contributed by atoms with Gasteiger partial charge in [0.2, 0.25) is 11.8 Å². The molecule has 26 heavy (non-hydrogen) atoms. The summed E-state index contributed by atoms with van der Waals surface area (Å²) in [4.78, 5) is 12.1. The summed E-state index contributed by atoms with van der Waals surface area (Å²) in [6.45, 7) is 0. The predicted octanol–water partition coefficient (Wildman–Crippen LogP) is 5.35. The molecule has 0 atom stereocenters.